The highest BCUT2D eigenvalue weighted by Gasteiger charge is 2.00. The summed E-state index contributed by atoms with van der Waals surface area (Å²) in [6.45, 7) is 0. The van der Waals surface area contributed by atoms with Crippen molar-refractivity contribution in [2.24, 2.45) is 5.84 Å². The van der Waals surface area contributed by atoms with E-state index >= 15 is 0 Å². The minimum absolute atomic E-state index is 0.513. The molecule has 5 heteroatoms. The average molecular weight is 226 g/mol. The van der Waals surface area contributed by atoms with Crippen molar-refractivity contribution in [3.8, 4) is 17.6 Å². The van der Waals surface area contributed by atoms with E-state index in [0.29, 0.717) is 22.9 Å². The zero-order valence-electron chi connectivity index (χ0n) is 8.92. The van der Waals surface area contributed by atoms with Gasteiger partial charge in [-0.3, -0.25) is 0 Å². The van der Waals surface area contributed by atoms with Crippen molar-refractivity contribution < 1.29 is 4.74 Å². The molecule has 84 valence electrons. The fourth-order valence-corrected chi connectivity index (χ4v) is 1.32. The number of anilines is 1. The molecule has 0 saturated carbocycles. The number of rotatable bonds is 3. The van der Waals surface area contributed by atoms with Crippen LogP contribution in [0.5, 0.6) is 11.5 Å². The monoisotopic (exact) mass is 226 g/mol. The van der Waals surface area contributed by atoms with Gasteiger partial charge in [-0.15, -0.1) is 0 Å². The maximum Gasteiger partial charge on any atom is 0.143 e. The van der Waals surface area contributed by atoms with Crippen molar-refractivity contribution in [2.45, 2.75) is 0 Å². The minimum Gasteiger partial charge on any atom is -0.457 e. The highest BCUT2D eigenvalue weighted by Crippen LogP contribution is 2.23. The van der Waals surface area contributed by atoms with Crippen LogP contribution < -0.4 is 16.0 Å². The standard InChI is InChI=1S/C12H10N4O/c13-8-9-2-1-3-10(6-9)17-11-4-5-15-12(7-11)16-14/h1-7H,14H2,(H,15,16). The fourth-order valence-electron chi connectivity index (χ4n) is 1.32. The fraction of sp³-hybridized carbons (Fsp3) is 0. The number of benzene rings is 1. The van der Waals surface area contributed by atoms with Crippen LogP contribution in [0.25, 0.3) is 0 Å². The lowest BCUT2D eigenvalue weighted by molar-refractivity contribution is 0.482. The molecule has 5 nitrogen and oxygen atoms in total. The maximum atomic E-state index is 8.77. The lowest BCUT2D eigenvalue weighted by atomic mass is 10.2. The quantitative estimate of drug-likeness (QED) is 0.618. The maximum absolute atomic E-state index is 8.77. The van der Waals surface area contributed by atoms with E-state index in [9.17, 15) is 0 Å². The molecule has 0 atom stereocenters. The summed E-state index contributed by atoms with van der Waals surface area (Å²) >= 11 is 0. The molecule has 1 aromatic carbocycles. The smallest absolute Gasteiger partial charge is 0.143 e. The number of nitrogens with zero attached hydrogens (tertiary/aromatic N) is 2. The van der Waals surface area contributed by atoms with Crippen LogP contribution in [0.1, 0.15) is 5.56 Å². The third kappa shape index (κ3) is 2.71. The summed E-state index contributed by atoms with van der Waals surface area (Å²) in [5, 5.41) is 8.77. The Bertz CT molecular complexity index is 562. The molecule has 0 fully saturated rings. The summed E-state index contributed by atoms with van der Waals surface area (Å²) < 4.78 is 5.58. The second-order valence-electron chi connectivity index (χ2n) is 3.26. The SMILES string of the molecule is N#Cc1cccc(Oc2ccnc(NN)c2)c1. The first kappa shape index (κ1) is 10.9. The van der Waals surface area contributed by atoms with E-state index in [0.717, 1.165) is 0 Å². The summed E-state index contributed by atoms with van der Waals surface area (Å²) in [6, 6.07) is 12.3. The van der Waals surface area contributed by atoms with Gasteiger partial charge in [-0.05, 0) is 24.3 Å². The molecule has 2 aromatic rings. The van der Waals surface area contributed by atoms with Crippen molar-refractivity contribution in [1.29, 1.82) is 5.26 Å². The van der Waals surface area contributed by atoms with Gasteiger partial charge in [0, 0.05) is 12.3 Å². The van der Waals surface area contributed by atoms with Gasteiger partial charge in [0.25, 0.3) is 0 Å². The molecule has 2 rings (SSSR count). The first-order valence-corrected chi connectivity index (χ1v) is 4.92. The van der Waals surface area contributed by atoms with E-state index in [2.05, 4.69) is 16.5 Å². The Balaban J connectivity index is 2.22. The van der Waals surface area contributed by atoms with Gasteiger partial charge < -0.3 is 10.2 Å². The van der Waals surface area contributed by atoms with Crippen molar-refractivity contribution in [2.75, 3.05) is 5.43 Å². The lowest BCUT2D eigenvalue weighted by Gasteiger charge is -2.06. The molecule has 0 aliphatic carbocycles. The molecule has 0 amide bonds. The zero-order chi connectivity index (χ0) is 12.1. The van der Waals surface area contributed by atoms with Gasteiger partial charge in [-0.2, -0.15) is 5.26 Å². The second kappa shape index (κ2) is 4.96. The number of aromatic nitrogens is 1. The number of ether oxygens (including phenoxy) is 1. The van der Waals surface area contributed by atoms with E-state index in [1.165, 1.54) is 0 Å². The van der Waals surface area contributed by atoms with Gasteiger partial charge in [0.15, 0.2) is 0 Å². The van der Waals surface area contributed by atoms with E-state index in [4.69, 9.17) is 15.8 Å². The number of hydrazine groups is 1. The molecule has 0 saturated heterocycles. The Hall–Kier alpha value is -2.58. The Morgan fingerprint density at radius 3 is 2.82 bits per heavy atom. The lowest BCUT2D eigenvalue weighted by Crippen LogP contribution is -2.08. The zero-order valence-corrected chi connectivity index (χ0v) is 8.92. The van der Waals surface area contributed by atoms with E-state index < -0.39 is 0 Å². The van der Waals surface area contributed by atoms with Gasteiger partial charge in [0.1, 0.15) is 17.3 Å². The van der Waals surface area contributed by atoms with Gasteiger partial charge in [-0.25, -0.2) is 10.8 Å². The number of hydrogen-bond donors (Lipinski definition) is 2. The highest BCUT2D eigenvalue weighted by molar-refractivity contribution is 5.43. The molecule has 0 unspecified atom stereocenters. The molecule has 0 aliphatic rings. The Labute approximate surface area is 98.4 Å². The number of nitrogens with one attached hydrogen (secondary N) is 1. The van der Waals surface area contributed by atoms with Crippen LogP contribution in [0.15, 0.2) is 42.6 Å². The van der Waals surface area contributed by atoms with Gasteiger partial charge in [0.2, 0.25) is 0 Å². The predicted molar refractivity (Wildman–Crippen MR) is 63.3 cm³/mol. The van der Waals surface area contributed by atoms with Gasteiger partial charge in [-0.1, -0.05) is 6.07 Å². The largest absolute Gasteiger partial charge is 0.457 e. The van der Waals surface area contributed by atoms with Crippen LogP contribution in [-0.4, -0.2) is 4.98 Å². The number of nitrogens with two attached hydrogens (primary N) is 1. The normalized spacial score (nSPS) is 9.41. The third-order valence-corrected chi connectivity index (χ3v) is 2.08. The van der Waals surface area contributed by atoms with E-state index in [-0.39, 0.29) is 0 Å². The van der Waals surface area contributed by atoms with Crippen LogP contribution in [0.2, 0.25) is 0 Å². The minimum atomic E-state index is 0.513. The Morgan fingerprint density at radius 1 is 1.24 bits per heavy atom. The van der Waals surface area contributed by atoms with Crippen molar-refractivity contribution in [3.05, 3.63) is 48.2 Å². The number of nitriles is 1. The Kier molecular flexibility index (Phi) is 3.19. The number of nitrogen functional groups attached to an aromatic ring is 1. The average Bonchev–Trinajstić information content (AvgIpc) is 2.39. The summed E-state index contributed by atoms with van der Waals surface area (Å²) in [6.07, 6.45) is 1.58. The Morgan fingerprint density at radius 2 is 2.06 bits per heavy atom. The van der Waals surface area contributed by atoms with Crippen LogP contribution in [-0.2, 0) is 0 Å². The summed E-state index contributed by atoms with van der Waals surface area (Å²) in [5.74, 6) is 6.96. The summed E-state index contributed by atoms with van der Waals surface area (Å²) in [5.41, 5.74) is 2.98. The molecule has 0 spiro atoms. The molecule has 17 heavy (non-hydrogen) atoms. The first-order chi connectivity index (χ1) is 8.31. The third-order valence-electron chi connectivity index (χ3n) is 2.08. The number of pyridine rings is 1. The van der Waals surface area contributed by atoms with Gasteiger partial charge >= 0.3 is 0 Å². The molecule has 1 aromatic heterocycles. The van der Waals surface area contributed by atoms with Crippen LogP contribution in [0, 0.1) is 11.3 Å². The van der Waals surface area contributed by atoms with E-state index in [1.807, 2.05) is 0 Å². The van der Waals surface area contributed by atoms with Gasteiger partial charge in [0.05, 0.1) is 11.6 Å². The second-order valence-corrected chi connectivity index (χ2v) is 3.26. The van der Waals surface area contributed by atoms with Crippen molar-refractivity contribution in [1.82, 2.24) is 4.98 Å². The molecule has 0 radical (unpaired) electrons. The molecule has 1 heterocycles. The van der Waals surface area contributed by atoms with Crippen LogP contribution in [0.3, 0.4) is 0 Å². The highest BCUT2D eigenvalue weighted by atomic mass is 16.5. The molecular weight excluding hydrogens is 216 g/mol. The summed E-state index contributed by atoms with van der Waals surface area (Å²) in [4.78, 5) is 3.96. The van der Waals surface area contributed by atoms with E-state index in [1.54, 1.807) is 42.6 Å². The van der Waals surface area contributed by atoms with Crippen LogP contribution in [0.4, 0.5) is 5.82 Å². The molecule has 3 N–H and O–H groups in total. The molecular formula is C12H10N4O. The topological polar surface area (TPSA) is 84.0 Å². The van der Waals surface area contributed by atoms with Crippen molar-refractivity contribution in [3.63, 3.8) is 0 Å². The first-order valence-electron chi connectivity index (χ1n) is 4.92. The summed E-state index contributed by atoms with van der Waals surface area (Å²) in [7, 11) is 0. The molecule has 0 bridgehead atoms. The predicted octanol–water partition coefficient (Wildman–Crippen LogP) is 2.03. The number of hydrogen-bond acceptors (Lipinski definition) is 5. The molecule has 0 aliphatic heterocycles. The van der Waals surface area contributed by atoms with Crippen LogP contribution >= 0.6 is 0 Å². The van der Waals surface area contributed by atoms with Crippen molar-refractivity contribution >= 4 is 5.82 Å².